The fourth-order valence-corrected chi connectivity index (χ4v) is 1.52. The monoisotopic (exact) mass is 291 g/mol. The zero-order valence-corrected chi connectivity index (χ0v) is 10.8. The maximum Gasteiger partial charge on any atom is 0.336 e. The molecule has 0 saturated carbocycles. The van der Waals surface area contributed by atoms with Crippen LogP contribution in [0.15, 0.2) is 0 Å². The standard InChI is InChI=1S/C11H17NO8/c1-2-3-6(9(16)17)12-7(13)4-11(20,10(18)19)5-8(14)15/h6,20H,2-5H2,1H3,(H,12,13)(H,14,15)(H,16,17)(H,18,19). The van der Waals surface area contributed by atoms with Crippen molar-refractivity contribution in [1.82, 2.24) is 5.32 Å². The van der Waals surface area contributed by atoms with Crippen molar-refractivity contribution in [2.75, 3.05) is 0 Å². The van der Waals surface area contributed by atoms with E-state index in [1.165, 1.54) is 0 Å². The van der Waals surface area contributed by atoms with E-state index < -0.39 is 48.3 Å². The second-order valence-electron chi connectivity index (χ2n) is 4.33. The topological polar surface area (TPSA) is 161 Å². The highest BCUT2D eigenvalue weighted by Crippen LogP contribution is 2.16. The fraction of sp³-hybridized carbons (Fsp3) is 0.636. The van der Waals surface area contributed by atoms with Crippen LogP contribution in [-0.2, 0) is 19.2 Å². The van der Waals surface area contributed by atoms with Gasteiger partial charge >= 0.3 is 17.9 Å². The largest absolute Gasteiger partial charge is 0.481 e. The van der Waals surface area contributed by atoms with E-state index in [0.717, 1.165) is 0 Å². The minimum atomic E-state index is -2.77. The smallest absolute Gasteiger partial charge is 0.336 e. The Balaban J connectivity index is 4.80. The van der Waals surface area contributed by atoms with Crippen molar-refractivity contribution < 1.29 is 39.6 Å². The molecule has 0 fully saturated rings. The van der Waals surface area contributed by atoms with Crippen LogP contribution in [0.2, 0.25) is 0 Å². The predicted octanol–water partition coefficient (Wildman–Crippen LogP) is -0.964. The van der Waals surface area contributed by atoms with Crippen LogP contribution in [0.4, 0.5) is 0 Å². The van der Waals surface area contributed by atoms with Crippen molar-refractivity contribution in [1.29, 1.82) is 0 Å². The number of hydrogen-bond acceptors (Lipinski definition) is 5. The number of carbonyl (C=O) groups is 4. The Kier molecular flexibility index (Phi) is 6.63. The van der Waals surface area contributed by atoms with E-state index in [0.29, 0.717) is 6.42 Å². The summed E-state index contributed by atoms with van der Waals surface area (Å²) in [6.07, 6.45) is -1.61. The van der Waals surface area contributed by atoms with E-state index in [1.54, 1.807) is 6.92 Å². The Morgan fingerprint density at radius 3 is 2.00 bits per heavy atom. The number of nitrogens with one attached hydrogen (secondary N) is 1. The molecule has 9 nitrogen and oxygen atoms in total. The molecule has 1 amide bonds. The fourth-order valence-electron chi connectivity index (χ4n) is 1.52. The molecule has 0 aromatic heterocycles. The van der Waals surface area contributed by atoms with Crippen LogP contribution in [0.3, 0.4) is 0 Å². The van der Waals surface area contributed by atoms with Crippen molar-refractivity contribution in [2.45, 2.75) is 44.2 Å². The van der Waals surface area contributed by atoms with E-state index in [-0.39, 0.29) is 6.42 Å². The van der Waals surface area contributed by atoms with Gasteiger partial charge in [-0.15, -0.1) is 0 Å². The molecular formula is C11H17NO8. The van der Waals surface area contributed by atoms with E-state index >= 15 is 0 Å². The average molecular weight is 291 g/mol. The van der Waals surface area contributed by atoms with Gasteiger partial charge < -0.3 is 25.7 Å². The third kappa shape index (κ3) is 5.65. The lowest BCUT2D eigenvalue weighted by Gasteiger charge is -2.22. The van der Waals surface area contributed by atoms with Crippen molar-refractivity contribution in [2.24, 2.45) is 0 Å². The number of carbonyl (C=O) groups excluding carboxylic acids is 1. The van der Waals surface area contributed by atoms with E-state index in [4.69, 9.17) is 15.3 Å². The first-order valence-electron chi connectivity index (χ1n) is 5.82. The lowest BCUT2D eigenvalue weighted by atomic mass is 9.95. The summed E-state index contributed by atoms with van der Waals surface area (Å²) >= 11 is 0. The highest BCUT2D eigenvalue weighted by atomic mass is 16.4. The van der Waals surface area contributed by atoms with Gasteiger partial charge in [-0.25, -0.2) is 9.59 Å². The number of aliphatic hydroxyl groups is 1. The van der Waals surface area contributed by atoms with Crippen molar-refractivity contribution >= 4 is 23.8 Å². The van der Waals surface area contributed by atoms with Crippen molar-refractivity contribution in [3.05, 3.63) is 0 Å². The molecule has 0 saturated heterocycles. The summed E-state index contributed by atoms with van der Waals surface area (Å²) in [6.45, 7) is 1.69. The van der Waals surface area contributed by atoms with Gasteiger partial charge in [-0.3, -0.25) is 9.59 Å². The van der Waals surface area contributed by atoms with Gasteiger partial charge in [-0.1, -0.05) is 13.3 Å². The first kappa shape index (κ1) is 17.8. The average Bonchev–Trinajstić information content (AvgIpc) is 2.26. The Morgan fingerprint density at radius 2 is 1.65 bits per heavy atom. The maximum atomic E-state index is 11.5. The van der Waals surface area contributed by atoms with Gasteiger partial charge in [0.25, 0.3) is 0 Å². The third-order valence-electron chi connectivity index (χ3n) is 2.51. The van der Waals surface area contributed by atoms with Gasteiger partial charge in [0.05, 0.1) is 12.8 Å². The summed E-state index contributed by atoms with van der Waals surface area (Å²) in [5, 5.41) is 37.8. The molecule has 0 bridgehead atoms. The minimum Gasteiger partial charge on any atom is -0.481 e. The van der Waals surface area contributed by atoms with Crippen LogP contribution in [-0.4, -0.2) is 55.9 Å². The molecule has 2 unspecified atom stereocenters. The Hall–Kier alpha value is -2.16. The summed E-state index contributed by atoms with van der Waals surface area (Å²) in [4.78, 5) is 43.7. The highest BCUT2D eigenvalue weighted by molar-refractivity contribution is 5.91. The number of aliphatic carboxylic acids is 3. The van der Waals surface area contributed by atoms with Crippen molar-refractivity contribution in [3.8, 4) is 0 Å². The second kappa shape index (κ2) is 7.43. The van der Waals surface area contributed by atoms with Gasteiger partial charge in [0.1, 0.15) is 6.04 Å². The quantitative estimate of drug-likeness (QED) is 0.362. The molecule has 114 valence electrons. The maximum absolute atomic E-state index is 11.5. The SMILES string of the molecule is CCCC(NC(=O)CC(O)(CC(=O)O)C(=O)O)C(=O)O. The van der Waals surface area contributed by atoms with Gasteiger partial charge in [-0.2, -0.15) is 0 Å². The zero-order chi connectivity index (χ0) is 15.9. The molecule has 0 aromatic rings. The molecule has 0 spiro atoms. The molecule has 0 aromatic carbocycles. The number of hydrogen-bond donors (Lipinski definition) is 5. The number of carboxylic acids is 3. The molecule has 0 rings (SSSR count). The van der Waals surface area contributed by atoms with Crippen LogP contribution >= 0.6 is 0 Å². The molecule has 0 heterocycles. The summed E-state index contributed by atoms with van der Waals surface area (Å²) in [6, 6.07) is -1.21. The molecule has 2 atom stereocenters. The van der Waals surface area contributed by atoms with Crippen molar-refractivity contribution in [3.63, 3.8) is 0 Å². The lowest BCUT2D eigenvalue weighted by Crippen LogP contribution is -2.48. The number of rotatable bonds is 9. The molecule has 0 aliphatic heterocycles. The molecule has 0 aliphatic carbocycles. The van der Waals surface area contributed by atoms with Crippen LogP contribution in [0.5, 0.6) is 0 Å². The highest BCUT2D eigenvalue weighted by Gasteiger charge is 2.41. The Bertz CT molecular complexity index is 407. The predicted molar refractivity (Wildman–Crippen MR) is 63.9 cm³/mol. The van der Waals surface area contributed by atoms with Crippen LogP contribution in [0.25, 0.3) is 0 Å². The second-order valence-corrected chi connectivity index (χ2v) is 4.33. The van der Waals surface area contributed by atoms with Crippen LogP contribution < -0.4 is 5.32 Å². The Morgan fingerprint density at radius 1 is 1.10 bits per heavy atom. The van der Waals surface area contributed by atoms with E-state index in [1.807, 2.05) is 5.32 Å². The van der Waals surface area contributed by atoms with E-state index in [2.05, 4.69) is 0 Å². The molecule has 0 radical (unpaired) electrons. The van der Waals surface area contributed by atoms with Gasteiger partial charge in [-0.05, 0) is 6.42 Å². The van der Waals surface area contributed by atoms with Gasteiger partial charge in [0.2, 0.25) is 5.91 Å². The van der Waals surface area contributed by atoms with Crippen LogP contribution in [0.1, 0.15) is 32.6 Å². The first-order valence-corrected chi connectivity index (χ1v) is 5.82. The number of amides is 1. The zero-order valence-electron chi connectivity index (χ0n) is 10.8. The molecular weight excluding hydrogens is 274 g/mol. The van der Waals surface area contributed by atoms with Gasteiger partial charge in [0, 0.05) is 0 Å². The van der Waals surface area contributed by atoms with E-state index in [9.17, 15) is 24.3 Å². The normalized spacial score (nSPS) is 14.9. The number of carboxylic acid groups (broad SMARTS) is 3. The van der Waals surface area contributed by atoms with Crippen LogP contribution in [0, 0.1) is 0 Å². The third-order valence-corrected chi connectivity index (χ3v) is 2.51. The van der Waals surface area contributed by atoms with Gasteiger partial charge in [0.15, 0.2) is 5.60 Å². The molecule has 0 aliphatic rings. The summed E-state index contributed by atoms with van der Waals surface area (Å²) in [7, 11) is 0. The molecule has 20 heavy (non-hydrogen) atoms. The molecule has 5 N–H and O–H groups in total. The summed E-state index contributed by atoms with van der Waals surface area (Å²) < 4.78 is 0. The Labute approximate surface area is 114 Å². The first-order chi connectivity index (χ1) is 9.12. The molecule has 9 heteroatoms. The lowest BCUT2D eigenvalue weighted by molar-refractivity contribution is -0.167. The summed E-state index contributed by atoms with van der Waals surface area (Å²) in [5.41, 5.74) is -2.77. The summed E-state index contributed by atoms with van der Waals surface area (Å²) in [5.74, 6) is -5.79. The minimum absolute atomic E-state index is 0.130.